The standard InChI is InChI=1S/C13H26N2O3/c1-5-13(6-2,12(17)18)8-15-11(16)7-10(14)9(3)4/h9-10H,5-8,14H2,1-4H3,(H,15,16)(H,17,18). The first kappa shape index (κ1) is 16.9. The minimum absolute atomic E-state index is 0.166. The topological polar surface area (TPSA) is 92.4 Å². The lowest BCUT2D eigenvalue weighted by molar-refractivity contribution is -0.149. The molecular formula is C13H26N2O3. The second kappa shape index (κ2) is 7.36. The van der Waals surface area contributed by atoms with Gasteiger partial charge in [-0.3, -0.25) is 9.59 Å². The van der Waals surface area contributed by atoms with Crippen LogP contribution in [-0.4, -0.2) is 29.6 Å². The summed E-state index contributed by atoms with van der Waals surface area (Å²) < 4.78 is 0. The molecule has 0 radical (unpaired) electrons. The summed E-state index contributed by atoms with van der Waals surface area (Å²) in [6.07, 6.45) is 1.23. The maximum Gasteiger partial charge on any atom is 0.311 e. The van der Waals surface area contributed by atoms with Gasteiger partial charge in [0.25, 0.3) is 0 Å². The lowest BCUT2D eigenvalue weighted by atomic mass is 9.82. The van der Waals surface area contributed by atoms with Gasteiger partial charge in [0.05, 0.1) is 5.41 Å². The summed E-state index contributed by atoms with van der Waals surface area (Å²) in [5.74, 6) is -0.804. The molecule has 0 aliphatic rings. The number of aliphatic carboxylic acids is 1. The van der Waals surface area contributed by atoms with Gasteiger partial charge in [-0.2, -0.15) is 0 Å². The first-order valence-electron chi connectivity index (χ1n) is 6.54. The third kappa shape index (κ3) is 4.64. The SMILES string of the molecule is CCC(CC)(CNC(=O)CC(N)C(C)C)C(=O)O. The number of carbonyl (C=O) groups is 2. The molecule has 5 heteroatoms. The fraction of sp³-hybridized carbons (Fsp3) is 0.846. The summed E-state index contributed by atoms with van der Waals surface area (Å²) in [6, 6.07) is -0.188. The largest absolute Gasteiger partial charge is 0.481 e. The van der Waals surface area contributed by atoms with Crippen molar-refractivity contribution in [2.75, 3.05) is 6.54 Å². The van der Waals surface area contributed by atoms with Gasteiger partial charge >= 0.3 is 5.97 Å². The van der Waals surface area contributed by atoms with Crippen LogP contribution >= 0.6 is 0 Å². The molecule has 5 nitrogen and oxygen atoms in total. The first-order valence-corrected chi connectivity index (χ1v) is 6.54. The van der Waals surface area contributed by atoms with E-state index in [-0.39, 0.29) is 30.8 Å². The Hall–Kier alpha value is -1.10. The number of nitrogens with one attached hydrogen (secondary N) is 1. The number of carboxylic acid groups (broad SMARTS) is 1. The molecule has 0 saturated carbocycles. The van der Waals surface area contributed by atoms with E-state index in [1.54, 1.807) is 0 Å². The third-order valence-electron chi connectivity index (χ3n) is 3.71. The van der Waals surface area contributed by atoms with Crippen LogP contribution in [0.5, 0.6) is 0 Å². The van der Waals surface area contributed by atoms with Crippen LogP contribution in [0.1, 0.15) is 47.0 Å². The summed E-state index contributed by atoms with van der Waals surface area (Å²) in [7, 11) is 0. The number of rotatable bonds is 8. The highest BCUT2D eigenvalue weighted by Gasteiger charge is 2.35. The van der Waals surface area contributed by atoms with Gasteiger partial charge in [0.1, 0.15) is 0 Å². The number of carbonyl (C=O) groups excluding carboxylic acids is 1. The molecule has 0 aromatic rings. The van der Waals surface area contributed by atoms with E-state index in [9.17, 15) is 14.7 Å². The highest BCUT2D eigenvalue weighted by molar-refractivity contribution is 5.79. The Labute approximate surface area is 109 Å². The Morgan fingerprint density at radius 3 is 2.11 bits per heavy atom. The quantitative estimate of drug-likeness (QED) is 0.613. The van der Waals surface area contributed by atoms with E-state index < -0.39 is 11.4 Å². The molecule has 0 heterocycles. The van der Waals surface area contributed by atoms with Crippen LogP contribution in [0.25, 0.3) is 0 Å². The van der Waals surface area contributed by atoms with Crippen molar-refractivity contribution in [2.24, 2.45) is 17.1 Å². The maximum absolute atomic E-state index is 11.7. The van der Waals surface area contributed by atoms with Crippen molar-refractivity contribution in [1.29, 1.82) is 0 Å². The van der Waals surface area contributed by atoms with E-state index in [0.717, 1.165) is 0 Å². The van der Waals surface area contributed by atoms with Crippen LogP contribution in [0.2, 0.25) is 0 Å². The van der Waals surface area contributed by atoms with Crippen molar-refractivity contribution in [1.82, 2.24) is 5.32 Å². The van der Waals surface area contributed by atoms with Gasteiger partial charge in [0.15, 0.2) is 0 Å². The van der Waals surface area contributed by atoms with Gasteiger partial charge in [-0.15, -0.1) is 0 Å². The van der Waals surface area contributed by atoms with Crippen molar-refractivity contribution < 1.29 is 14.7 Å². The number of hydrogen-bond donors (Lipinski definition) is 3. The third-order valence-corrected chi connectivity index (χ3v) is 3.71. The summed E-state index contributed by atoms with van der Waals surface area (Å²) in [6.45, 7) is 7.72. The van der Waals surface area contributed by atoms with E-state index in [4.69, 9.17) is 5.73 Å². The maximum atomic E-state index is 11.7. The molecule has 106 valence electrons. The zero-order valence-electron chi connectivity index (χ0n) is 11.8. The predicted molar refractivity (Wildman–Crippen MR) is 71.1 cm³/mol. The molecule has 0 fully saturated rings. The normalized spacial score (nSPS) is 13.4. The highest BCUT2D eigenvalue weighted by atomic mass is 16.4. The van der Waals surface area contributed by atoms with Crippen LogP contribution in [0.15, 0.2) is 0 Å². The van der Waals surface area contributed by atoms with Crippen LogP contribution in [0, 0.1) is 11.3 Å². The lowest BCUT2D eigenvalue weighted by Gasteiger charge is -2.27. The van der Waals surface area contributed by atoms with Crippen LogP contribution in [-0.2, 0) is 9.59 Å². The molecule has 1 amide bonds. The van der Waals surface area contributed by atoms with Crippen LogP contribution < -0.4 is 11.1 Å². The minimum atomic E-state index is -0.864. The predicted octanol–water partition coefficient (Wildman–Crippen LogP) is 1.37. The summed E-state index contributed by atoms with van der Waals surface area (Å²) >= 11 is 0. The molecule has 0 bridgehead atoms. The molecule has 0 aromatic carbocycles. The highest BCUT2D eigenvalue weighted by Crippen LogP contribution is 2.25. The molecule has 0 rings (SSSR count). The second-order valence-corrected chi connectivity index (χ2v) is 5.18. The van der Waals surface area contributed by atoms with Crippen molar-refractivity contribution in [3.63, 3.8) is 0 Å². The van der Waals surface area contributed by atoms with Crippen LogP contribution in [0.3, 0.4) is 0 Å². The fourth-order valence-electron chi connectivity index (χ4n) is 1.67. The number of hydrogen-bond acceptors (Lipinski definition) is 3. The molecule has 0 aromatic heterocycles. The zero-order valence-corrected chi connectivity index (χ0v) is 11.8. The van der Waals surface area contributed by atoms with Crippen molar-refractivity contribution in [3.8, 4) is 0 Å². The van der Waals surface area contributed by atoms with Crippen molar-refractivity contribution in [2.45, 2.75) is 53.0 Å². The molecule has 0 aliphatic heterocycles. The van der Waals surface area contributed by atoms with E-state index in [0.29, 0.717) is 12.8 Å². The van der Waals surface area contributed by atoms with Gasteiger partial charge in [0, 0.05) is 19.0 Å². The monoisotopic (exact) mass is 258 g/mol. The Morgan fingerprint density at radius 2 is 1.78 bits per heavy atom. The first-order chi connectivity index (χ1) is 8.29. The molecule has 1 atom stereocenters. The molecule has 1 unspecified atom stereocenters. The summed E-state index contributed by atoms with van der Waals surface area (Å²) in [5, 5.41) is 11.9. The van der Waals surface area contributed by atoms with Gasteiger partial charge < -0.3 is 16.2 Å². The lowest BCUT2D eigenvalue weighted by Crippen LogP contribution is -2.44. The summed E-state index contributed by atoms with van der Waals surface area (Å²) in [4.78, 5) is 22.9. The number of nitrogens with two attached hydrogens (primary N) is 1. The Morgan fingerprint density at radius 1 is 1.28 bits per heavy atom. The molecular weight excluding hydrogens is 232 g/mol. The Bertz CT molecular complexity index is 286. The molecule has 0 aliphatic carbocycles. The Kier molecular flexibility index (Phi) is 6.91. The van der Waals surface area contributed by atoms with E-state index in [1.165, 1.54) is 0 Å². The van der Waals surface area contributed by atoms with Gasteiger partial charge in [-0.25, -0.2) is 0 Å². The molecule has 0 saturated heterocycles. The molecule has 0 spiro atoms. The Balaban J connectivity index is 4.37. The van der Waals surface area contributed by atoms with E-state index in [1.807, 2.05) is 27.7 Å². The van der Waals surface area contributed by atoms with Crippen molar-refractivity contribution >= 4 is 11.9 Å². The average Bonchev–Trinajstić information content (AvgIpc) is 2.30. The van der Waals surface area contributed by atoms with E-state index in [2.05, 4.69) is 5.32 Å². The van der Waals surface area contributed by atoms with Gasteiger partial charge in [-0.1, -0.05) is 27.7 Å². The van der Waals surface area contributed by atoms with Gasteiger partial charge in [-0.05, 0) is 18.8 Å². The summed E-state index contributed by atoms with van der Waals surface area (Å²) in [5.41, 5.74) is 4.94. The van der Waals surface area contributed by atoms with Crippen molar-refractivity contribution in [3.05, 3.63) is 0 Å². The zero-order chi connectivity index (χ0) is 14.3. The smallest absolute Gasteiger partial charge is 0.311 e. The average molecular weight is 258 g/mol. The van der Waals surface area contributed by atoms with Gasteiger partial charge in [0.2, 0.25) is 5.91 Å². The fourth-order valence-corrected chi connectivity index (χ4v) is 1.67. The van der Waals surface area contributed by atoms with E-state index >= 15 is 0 Å². The molecule has 4 N–H and O–H groups in total. The van der Waals surface area contributed by atoms with Crippen LogP contribution in [0.4, 0.5) is 0 Å². The minimum Gasteiger partial charge on any atom is -0.481 e. The second-order valence-electron chi connectivity index (χ2n) is 5.18. The molecule has 18 heavy (non-hydrogen) atoms. The number of carboxylic acids is 1. The number of amides is 1.